The van der Waals surface area contributed by atoms with E-state index in [1.165, 1.54) is 12.0 Å². The van der Waals surface area contributed by atoms with Crippen molar-refractivity contribution in [2.45, 2.75) is 58.2 Å². The lowest BCUT2D eigenvalue weighted by Gasteiger charge is -2.33. The molecule has 1 saturated carbocycles. The lowest BCUT2D eigenvalue weighted by molar-refractivity contribution is -0.430. The van der Waals surface area contributed by atoms with Gasteiger partial charge < -0.3 is 4.74 Å². The van der Waals surface area contributed by atoms with Gasteiger partial charge in [0.1, 0.15) is 0 Å². The van der Waals surface area contributed by atoms with Crippen molar-refractivity contribution in [2.75, 3.05) is 13.7 Å². The summed E-state index contributed by atoms with van der Waals surface area (Å²) in [5.41, 5.74) is 1.31. The molecule has 0 bridgehead atoms. The zero-order valence-electron chi connectivity index (χ0n) is 10.8. The molecule has 3 heteroatoms. The van der Waals surface area contributed by atoms with Gasteiger partial charge in [-0.3, -0.25) is 0 Å². The summed E-state index contributed by atoms with van der Waals surface area (Å²) in [4.78, 5) is 10.7. The van der Waals surface area contributed by atoms with Gasteiger partial charge in [0.05, 0.1) is 6.61 Å². The van der Waals surface area contributed by atoms with Crippen molar-refractivity contribution in [1.82, 2.24) is 0 Å². The van der Waals surface area contributed by atoms with Crippen molar-refractivity contribution in [2.24, 2.45) is 0 Å². The van der Waals surface area contributed by atoms with Crippen LogP contribution in [-0.2, 0) is 14.5 Å². The van der Waals surface area contributed by atoms with Crippen molar-refractivity contribution in [3.63, 3.8) is 0 Å². The summed E-state index contributed by atoms with van der Waals surface area (Å²) < 4.78 is 5.44. The molecule has 1 fully saturated rings. The van der Waals surface area contributed by atoms with Crippen LogP contribution in [-0.4, -0.2) is 19.5 Å². The van der Waals surface area contributed by atoms with Crippen molar-refractivity contribution in [3.05, 3.63) is 11.6 Å². The Morgan fingerprint density at radius 1 is 1.19 bits per heavy atom. The number of methoxy groups -OCH3 is 1. The Kier molecular flexibility index (Phi) is 6.03. The van der Waals surface area contributed by atoms with Crippen LogP contribution in [0.4, 0.5) is 0 Å². The molecule has 0 saturated heterocycles. The second kappa shape index (κ2) is 7.05. The fourth-order valence-corrected chi connectivity index (χ4v) is 1.96. The first-order chi connectivity index (χ1) is 7.68. The van der Waals surface area contributed by atoms with Gasteiger partial charge in [0, 0.05) is 20.0 Å². The molecule has 0 aliphatic heterocycles. The maximum Gasteiger partial charge on any atom is 0.201 e. The molecule has 16 heavy (non-hydrogen) atoms. The smallest absolute Gasteiger partial charge is 0.201 e. The summed E-state index contributed by atoms with van der Waals surface area (Å²) in [6.07, 6.45) is 8.49. The molecule has 0 heterocycles. The standard InChI is InChI=1S/C13H24O3/c1-12(2)8-7-11-15-16-13(14-3)9-5-4-6-10-13/h8H,4-7,9-11H2,1-3H3. The number of allylic oxidation sites excluding steroid dienone is 1. The Hall–Kier alpha value is -0.380. The van der Waals surface area contributed by atoms with Gasteiger partial charge in [-0.2, -0.15) is 0 Å². The third-order valence-corrected chi connectivity index (χ3v) is 2.95. The lowest BCUT2D eigenvalue weighted by Crippen LogP contribution is -2.37. The third kappa shape index (κ3) is 4.64. The summed E-state index contributed by atoms with van der Waals surface area (Å²) in [6.45, 7) is 4.76. The molecular formula is C13H24O3. The number of ether oxygens (including phenoxy) is 1. The molecule has 1 aliphatic carbocycles. The molecule has 0 atom stereocenters. The monoisotopic (exact) mass is 228 g/mol. The SMILES string of the molecule is COC1(OOCCC=C(C)C)CCCCC1. The highest BCUT2D eigenvalue weighted by molar-refractivity contribution is 4.92. The van der Waals surface area contributed by atoms with Gasteiger partial charge in [0.2, 0.25) is 5.79 Å². The van der Waals surface area contributed by atoms with E-state index >= 15 is 0 Å². The van der Waals surface area contributed by atoms with Crippen LogP contribution in [0, 0.1) is 0 Å². The molecule has 94 valence electrons. The van der Waals surface area contributed by atoms with E-state index in [-0.39, 0.29) is 0 Å². The molecule has 0 aromatic heterocycles. The molecule has 0 radical (unpaired) electrons. The molecular weight excluding hydrogens is 204 g/mol. The van der Waals surface area contributed by atoms with Crippen molar-refractivity contribution in [1.29, 1.82) is 0 Å². The minimum Gasteiger partial charge on any atom is -0.351 e. The van der Waals surface area contributed by atoms with E-state index in [0.717, 1.165) is 32.1 Å². The summed E-state index contributed by atoms with van der Waals surface area (Å²) in [5, 5.41) is 0. The molecule has 1 rings (SSSR count). The maximum atomic E-state index is 5.45. The molecule has 0 unspecified atom stereocenters. The first-order valence-electron chi connectivity index (χ1n) is 6.18. The fourth-order valence-electron chi connectivity index (χ4n) is 1.96. The zero-order chi connectivity index (χ0) is 11.9. The maximum absolute atomic E-state index is 5.45. The average Bonchev–Trinajstić information content (AvgIpc) is 2.29. The van der Waals surface area contributed by atoms with Gasteiger partial charge in [0.25, 0.3) is 0 Å². The minimum absolute atomic E-state index is 0.483. The average molecular weight is 228 g/mol. The first-order valence-corrected chi connectivity index (χ1v) is 6.18. The van der Waals surface area contributed by atoms with Crippen LogP contribution in [0.2, 0.25) is 0 Å². The van der Waals surface area contributed by atoms with Crippen LogP contribution in [0.5, 0.6) is 0 Å². The van der Waals surface area contributed by atoms with Crippen LogP contribution in [0.15, 0.2) is 11.6 Å². The normalized spacial score (nSPS) is 19.4. The van der Waals surface area contributed by atoms with E-state index in [4.69, 9.17) is 14.5 Å². The van der Waals surface area contributed by atoms with Gasteiger partial charge in [0.15, 0.2) is 0 Å². The summed E-state index contributed by atoms with van der Waals surface area (Å²) in [7, 11) is 1.70. The van der Waals surface area contributed by atoms with Crippen LogP contribution in [0.1, 0.15) is 52.4 Å². The molecule has 0 aromatic rings. The topological polar surface area (TPSA) is 27.7 Å². The van der Waals surface area contributed by atoms with E-state index in [2.05, 4.69) is 19.9 Å². The van der Waals surface area contributed by atoms with Crippen molar-refractivity contribution >= 4 is 0 Å². The Bertz CT molecular complexity index is 213. The predicted molar refractivity (Wildman–Crippen MR) is 63.9 cm³/mol. The molecule has 0 N–H and O–H groups in total. The quantitative estimate of drug-likeness (QED) is 0.228. The lowest BCUT2D eigenvalue weighted by atomic mass is 9.94. The molecule has 0 spiro atoms. The Morgan fingerprint density at radius 3 is 2.44 bits per heavy atom. The Morgan fingerprint density at radius 2 is 1.88 bits per heavy atom. The summed E-state index contributed by atoms with van der Waals surface area (Å²) in [5.74, 6) is -0.483. The second-order valence-electron chi connectivity index (χ2n) is 4.65. The van der Waals surface area contributed by atoms with E-state index in [0.29, 0.717) is 6.61 Å². The molecule has 0 amide bonds. The molecule has 1 aliphatic rings. The van der Waals surface area contributed by atoms with E-state index in [1.807, 2.05) is 0 Å². The third-order valence-electron chi connectivity index (χ3n) is 2.95. The van der Waals surface area contributed by atoms with Crippen molar-refractivity contribution < 1.29 is 14.5 Å². The van der Waals surface area contributed by atoms with E-state index < -0.39 is 5.79 Å². The summed E-state index contributed by atoms with van der Waals surface area (Å²) >= 11 is 0. The zero-order valence-corrected chi connectivity index (χ0v) is 10.8. The number of hydrogen-bond donors (Lipinski definition) is 0. The summed E-state index contributed by atoms with van der Waals surface area (Å²) in [6, 6.07) is 0. The van der Waals surface area contributed by atoms with Crippen LogP contribution < -0.4 is 0 Å². The van der Waals surface area contributed by atoms with Gasteiger partial charge in [-0.15, -0.1) is 0 Å². The van der Waals surface area contributed by atoms with Crippen LogP contribution in [0.3, 0.4) is 0 Å². The molecule has 0 aromatic carbocycles. The highest BCUT2D eigenvalue weighted by Crippen LogP contribution is 2.32. The minimum atomic E-state index is -0.483. The molecule has 3 nitrogen and oxygen atoms in total. The van der Waals surface area contributed by atoms with E-state index in [9.17, 15) is 0 Å². The number of rotatable bonds is 6. The van der Waals surface area contributed by atoms with Gasteiger partial charge in [-0.05, 0) is 33.1 Å². The Balaban J connectivity index is 2.20. The van der Waals surface area contributed by atoms with Crippen molar-refractivity contribution in [3.8, 4) is 0 Å². The predicted octanol–water partition coefficient (Wildman–Crippen LogP) is 3.60. The van der Waals surface area contributed by atoms with Gasteiger partial charge in [-0.1, -0.05) is 18.1 Å². The van der Waals surface area contributed by atoms with Gasteiger partial charge in [-0.25, -0.2) is 9.78 Å². The van der Waals surface area contributed by atoms with Crippen LogP contribution >= 0.6 is 0 Å². The van der Waals surface area contributed by atoms with E-state index in [1.54, 1.807) is 7.11 Å². The highest BCUT2D eigenvalue weighted by atomic mass is 17.2. The van der Waals surface area contributed by atoms with Crippen LogP contribution in [0.25, 0.3) is 0 Å². The first kappa shape index (κ1) is 13.7. The Labute approximate surface area is 98.7 Å². The van der Waals surface area contributed by atoms with Gasteiger partial charge >= 0.3 is 0 Å². The number of hydrogen-bond acceptors (Lipinski definition) is 3. The largest absolute Gasteiger partial charge is 0.351 e. The fraction of sp³-hybridized carbons (Fsp3) is 0.846. The highest BCUT2D eigenvalue weighted by Gasteiger charge is 2.34. The second-order valence-corrected chi connectivity index (χ2v) is 4.65.